The molecule has 7 heteroatoms. The topological polar surface area (TPSA) is 70.6 Å². The first-order chi connectivity index (χ1) is 9.60. The summed E-state index contributed by atoms with van der Waals surface area (Å²) < 4.78 is 18.2. The van der Waals surface area contributed by atoms with Gasteiger partial charge in [-0.3, -0.25) is 0 Å². The monoisotopic (exact) mass is 285 g/mol. The Morgan fingerprint density at radius 3 is 2.40 bits per heavy atom. The van der Waals surface area contributed by atoms with Crippen LogP contribution in [0.3, 0.4) is 0 Å². The van der Waals surface area contributed by atoms with Gasteiger partial charge in [-0.1, -0.05) is 0 Å². The smallest absolute Gasteiger partial charge is 0.363 e. The zero-order valence-corrected chi connectivity index (χ0v) is 12.1. The van der Waals surface area contributed by atoms with Gasteiger partial charge in [0, 0.05) is 6.61 Å². The zero-order valence-electron chi connectivity index (χ0n) is 12.1. The molecule has 0 amide bonds. The average molecular weight is 285 g/mol. The molecule has 1 aromatic rings. The number of nitrogens with zero attached hydrogens (tertiary/aromatic N) is 2. The lowest BCUT2D eigenvalue weighted by Crippen LogP contribution is -2.33. The number of rotatable bonds is 8. The number of carbonyl (C=O) groups excluding carboxylic acids is 2. The fraction of sp³-hybridized carbons (Fsp3) is 0.615. The van der Waals surface area contributed by atoms with E-state index in [0.29, 0.717) is 13.2 Å². The summed E-state index contributed by atoms with van der Waals surface area (Å²) in [5.74, 6) is -1.29. The van der Waals surface area contributed by atoms with E-state index in [1.807, 2.05) is 6.92 Å². The molecule has 0 radical (unpaired) electrons. The number of ether oxygens (including phenoxy) is 3. The van der Waals surface area contributed by atoms with Gasteiger partial charge in [0.1, 0.15) is 19.0 Å². The molecule has 0 aliphatic carbocycles. The quantitative estimate of drug-likeness (QED) is 0.291. The number of aromatic nitrogens is 2. The van der Waals surface area contributed by atoms with Crippen molar-refractivity contribution in [3.05, 3.63) is 18.7 Å². The molecule has 0 bridgehead atoms. The van der Waals surface area contributed by atoms with Crippen molar-refractivity contribution in [3.8, 4) is 0 Å². The van der Waals surface area contributed by atoms with Crippen molar-refractivity contribution in [2.75, 3.05) is 26.4 Å². The maximum atomic E-state index is 12.0. The van der Waals surface area contributed by atoms with Crippen LogP contribution in [-0.2, 0) is 30.8 Å². The van der Waals surface area contributed by atoms with Crippen LogP contribution in [0.25, 0.3) is 0 Å². The van der Waals surface area contributed by atoms with Crippen LogP contribution in [0.4, 0.5) is 0 Å². The van der Waals surface area contributed by atoms with Gasteiger partial charge < -0.3 is 14.2 Å². The van der Waals surface area contributed by atoms with Crippen molar-refractivity contribution in [1.29, 1.82) is 0 Å². The minimum Gasteiger partial charge on any atom is -0.462 e. The minimum atomic E-state index is -1.13. The molecule has 0 saturated carbocycles. The fourth-order valence-corrected chi connectivity index (χ4v) is 1.61. The third-order valence-electron chi connectivity index (χ3n) is 2.50. The minimum absolute atomic E-state index is 0.107. The van der Waals surface area contributed by atoms with Gasteiger partial charge in [0.15, 0.2) is 0 Å². The number of hydrogen-bond donors (Lipinski definition) is 0. The van der Waals surface area contributed by atoms with E-state index >= 15 is 0 Å². The third-order valence-corrected chi connectivity index (χ3v) is 2.50. The lowest BCUT2D eigenvalue weighted by molar-refractivity contribution is -0.671. The van der Waals surface area contributed by atoms with Crippen molar-refractivity contribution < 1.29 is 28.4 Å². The van der Waals surface area contributed by atoms with E-state index in [2.05, 4.69) is 0 Å². The van der Waals surface area contributed by atoms with Crippen molar-refractivity contribution in [2.45, 2.75) is 19.9 Å². The van der Waals surface area contributed by atoms with Crippen LogP contribution in [0, 0.1) is 0 Å². The van der Waals surface area contributed by atoms with Crippen LogP contribution in [0.2, 0.25) is 0 Å². The lowest BCUT2D eigenvalue weighted by Gasteiger charge is -2.12. The summed E-state index contributed by atoms with van der Waals surface area (Å²) in [5.41, 5.74) is 0. The molecule has 1 atom stereocenters. The lowest BCUT2D eigenvalue weighted by atomic mass is 10.3. The van der Waals surface area contributed by atoms with Crippen LogP contribution in [0.5, 0.6) is 0 Å². The molecule has 0 saturated heterocycles. The summed E-state index contributed by atoms with van der Waals surface area (Å²) in [6, 6.07) is -1.13. The molecule has 7 nitrogen and oxygen atoms in total. The maximum Gasteiger partial charge on any atom is 0.363 e. The van der Waals surface area contributed by atoms with Crippen LogP contribution >= 0.6 is 0 Å². The van der Waals surface area contributed by atoms with Crippen molar-refractivity contribution in [3.63, 3.8) is 0 Å². The summed E-state index contributed by atoms with van der Waals surface area (Å²) in [5, 5.41) is 0. The molecule has 1 rings (SSSR count). The molecule has 0 fully saturated rings. The van der Waals surface area contributed by atoms with Crippen molar-refractivity contribution >= 4 is 11.9 Å². The highest BCUT2D eigenvalue weighted by Crippen LogP contribution is 2.10. The van der Waals surface area contributed by atoms with Gasteiger partial charge in [0.05, 0.1) is 20.3 Å². The first-order valence-corrected chi connectivity index (χ1v) is 6.53. The summed E-state index contributed by atoms with van der Waals surface area (Å²) in [6.07, 6.45) is 4.95. The second-order valence-corrected chi connectivity index (χ2v) is 4.05. The Kier molecular flexibility index (Phi) is 6.72. The van der Waals surface area contributed by atoms with E-state index in [9.17, 15) is 9.59 Å². The number of aryl methyl sites for hydroxylation is 1. The molecule has 0 aliphatic heterocycles. The fourth-order valence-electron chi connectivity index (χ4n) is 1.61. The average Bonchev–Trinajstić information content (AvgIpc) is 2.81. The summed E-state index contributed by atoms with van der Waals surface area (Å²) >= 11 is 0. The van der Waals surface area contributed by atoms with Crippen LogP contribution in [-0.4, -0.2) is 42.9 Å². The standard InChI is InChI=1S/C13H21N2O5/c1-4-18-8-9-20-13(17)11(12(16)19-5-2)15-7-6-14(3)10-15/h6-7,10-11H,4-5,8-9H2,1-3H3/q+1/t11-/m1/s1. The zero-order chi connectivity index (χ0) is 15.0. The number of carbonyl (C=O) groups is 2. The van der Waals surface area contributed by atoms with Gasteiger partial charge >= 0.3 is 11.9 Å². The summed E-state index contributed by atoms with van der Waals surface area (Å²) in [4.78, 5) is 23.9. The Bertz CT molecular complexity index is 444. The van der Waals surface area contributed by atoms with Crippen molar-refractivity contribution in [2.24, 2.45) is 7.05 Å². The molecule has 0 N–H and O–H groups in total. The van der Waals surface area contributed by atoms with E-state index in [0.717, 1.165) is 0 Å². The molecule has 20 heavy (non-hydrogen) atoms. The van der Waals surface area contributed by atoms with Crippen LogP contribution in [0.15, 0.2) is 18.7 Å². The number of esters is 2. The van der Waals surface area contributed by atoms with E-state index < -0.39 is 18.0 Å². The van der Waals surface area contributed by atoms with E-state index in [-0.39, 0.29) is 13.2 Å². The Morgan fingerprint density at radius 1 is 1.15 bits per heavy atom. The molecule has 0 aromatic carbocycles. The SMILES string of the molecule is CCOCCOC(=O)[C@@H](C(=O)OCC)n1cc[n+](C)c1. The van der Waals surface area contributed by atoms with Crippen LogP contribution < -0.4 is 4.57 Å². The van der Waals surface area contributed by atoms with Gasteiger partial charge in [-0.05, 0) is 13.8 Å². The molecular weight excluding hydrogens is 264 g/mol. The summed E-state index contributed by atoms with van der Waals surface area (Å²) in [7, 11) is 1.79. The number of hydrogen-bond acceptors (Lipinski definition) is 5. The Labute approximate surface area is 118 Å². The third kappa shape index (κ3) is 4.65. The predicted molar refractivity (Wildman–Crippen MR) is 68.7 cm³/mol. The maximum absolute atomic E-state index is 12.0. The number of imidazole rings is 1. The van der Waals surface area contributed by atoms with Gasteiger partial charge in [-0.25, -0.2) is 18.7 Å². The predicted octanol–water partition coefficient (Wildman–Crippen LogP) is -0.00350. The van der Waals surface area contributed by atoms with E-state index in [4.69, 9.17) is 14.2 Å². The van der Waals surface area contributed by atoms with Crippen LogP contribution in [0.1, 0.15) is 19.9 Å². The van der Waals surface area contributed by atoms with Gasteiger partial charge in [0.2, 0.25) is 6.33 Å². The van der Waals surface area contributed by atoms with Crippen molar-refractivity contribution in [1.82, 2.24) is 4.57 Å². The highest BCUT2D eigenvalue weighted by molar-refractivity contribution is 5.97. The van der Waals surface area contributed by atoms with Gasteiger partial charge in [-0.2, -0.15) is 0 Å². The highest BCUT2D eigenvalue weighted by Gasteiger charge is 2.36. The van der Waals surface area contributed by atoms with Gasteiger partial charge in [0.25, 0.3) is 6.04 Å². The first-order valence-electron chi connectivity index (χ1n) is 6.53. The largest absolute Gasteiger partial charge is 0.462 e. The molecule has 1 aromatic heterocycles. The van der Waals surface area contributed by atoms with E-state index in [1.54, 1.807) is 37.3 Å². The second kappa shape index (κ2) is 8.31. The molecule has 112 valence electrons. The Morgan fingerprint density at radius 2 is 1.85 bits per heavy atom. The molecule has 0 unspecified atom stereocenters. The van der Waals surface area contributed by atoms with E-state index in [1.165, 1.54) is 4.57 Å². The van der Waals surface area contributed by atoms with Gasteiger partial charge in [-0.15, -0.1) is 0 Å². The second-order valence-electron chi connectivity index (χ2n) is 4.05. The normalized spacial score (nSPS) is 11.9. The highest BCUT2D eigenvalue weighted by atomic mass is 16.6. The first kappa shape index (κ1) is 16.2. The molecule has 0 spiro atoms. The Balaban J connectivity index is 2.72. The molecule has 0 aliphatic rings. The summed E-state index contributed by atoms with van der Waals surface area (Å²) in [6.45, 7) is 4.70. The Hall–Kier alpha value is -1.89. The molecule has 1 heterocycles. The molecular formula is C13H21N2O5+.